The van der Waals surface area contributed by atoms with Gasteiger partial charge in [-0.05, 0) is 52.3 Å². The van der Waals surface area contributed by atoms with Crippen molar-refractivity contribution in [2.45, 2.75) is 51.6 Å². The molecule has 7 heteroatoms. The van der Waals surface area contributed by atoms with Crippen LogP contribution in [0, 0.1) is 13.8 Å². The van der Waals surface area contributed by atoms with Gasteiger partial charge in [-0.3, -0.25) is 19.0 Å². The monoisotopic (exact) mass is 397 g/mol. The van der Waals surface area contributed by atoms with Gasteiger partial charge >= 0.3 is 0 Å². The highest BCUT2D eigenvalue weighted by Gasteiger charge is 2.25. The topological polar surface area (TPSA) is 84.8 Å². The molecular formula is C21H23N3O3S. The Labute approximate surface area is 167 Å². The average Bonchev–Trinajstić information content (AvgIpc) is 2.95. The number of H-pyrrole nitrogens is 1. The summed E-state index contributed by atoms with van der Waals surface area (Å²) in [5.41, 5.74) is 2.87. The fourth-order valence-corrected chi connectivity index (χ4v) is 4.49. The minimum absolute atomic E-state index is 0.0679. The van der Waals surface area contributed by atoms with Gasteiger partial charge in [0.05, 0.1) is 21.8 Å². The third-order valence-electron chi connectivity index (χ3n) is 4.83. The number of hydrogen-bond acceptors (Lipinski definition) is 5. The van der Waals surface area contributed by atoms with Crippen molar-refractivity contribution >= 4 is 34.2 Å². The second-order valence-electron chi connectivity index (χ2n) is 6.77. The molecule has 1 aromatic carbocycles. The number of benzene rings is 1. The lowest BCUT2D eigenvalue weighted by atomic mass is 10.0. The number of carbonyl (C=O) groups excluding carboxylic acids is 2. The van der Waals surface area contributed by atoms with Crippen LogP contribution in [0.5, 0.6) is 0 Å². The zero-order valence-electron chi connectivity index (χ0n) is 16.6. The number of nitrogens with zero attached hydrogens (tertiary/aromatic N) is 2. The molecule has 28 heavy (non-hydrogen) atoms. The summed E-state index contributed by atoms with van der Waals surface area (Å²) >= 11 is 1.26. The second kappa shape index (κ2) is 7.75. The number of hydrogen-bond donors (Lipinski definition) is 1. The molecule has 0 aliphatic heterocycles. The Morgan fingerprint density at radius 3 is 2.54 bits per heavy atom. The first-order valence-corrected chi connectivity index (χ1v) is 10.0. The van der Waals surface area contributed by atoms with Gasteiger partial charge in [0.25, 0.3) is 5.56 Å². The lowest BCUT2D eigenvalue weighted by Gasteiger charge is -2.14. The van der Waals surface area contributed by atoms with E-state index < -0.39 is 5.25 Å². The van der Waals surface area contributed by atoms with Crippen molar-refractivity contribution < 1.29 is 9.59 Å². The number of Topliss-reactive ketones (excluding diaryl/α,β-unsaturated/α-hetero) is 2. The van der Waals surface area contributed by atoms with Crippen LogP contribution in [-0.4, -0.2) is 31.4 Å². The van der Waals surface area contributed by atoms with Crippen molar-refractivity contribution in [3.05, 3.63) is 57.1 Å². The van der Waals surface area contributed by atoms with Crippen LogP contribution < -0.4 is 5.56 Å². The summed E-state index contributed by atoms with van der Waals surface area (Å²) in [6.07, 6.45) is 0. The number of para-hydroxylation sites is 1. The van der Waals surface area contributed by atoms with Crippen molar-refractivity contribution in [3.8, 4) is 0 Å². The summed E-state index contributed by atoms with van der Waals surface area (Å²) < 4.78 is 1.59. The van der Waals surface area contributed by atoms with E-state index in [9.17, 15) is 14.4 Å². The highest BCUT2D eigenvalue weighted by Crippen LogP contribution is 2.27. The number of thioether (sulfide) groups is 1. The van der Waals surface area contributed by atoms with Crippen LogP contribution in [0.1, 0.15) is 52.9 Å². The maximum absolute atomic E-state index is 13.0. The highest BCUT2D eigenvalue weighted by atomic mass is 32.2. The number of nitrogens with one attached hydrogen (secondary N) is 1. The lowest BCUT2D eigenvalue weighted by molar-refractivity contribution is 0.0988. The number of ketones is 2. The van der Waals surface area contributed by atoms with Crippen molar-refractivity contribution in [1.82, 2.24) is 14.5 Å². The fourth-order valence-electron chi connectivity index (χ4n) is 3.46. The average molecular weight is 398 g/mol. The highest BCUT2D eigenvalue weighted by molar-refractivity contribution is 8.00. The summed E-state index contributed by atoms with van der Waals surface area (Å²) in [6.45, 7) is 9.20. The number of aromatic nitrogens is 3. The first-order chi connectivity index (χ1) is 13.3. The van der Waals surface area contributed by atoms with Crippen LogP contribution >= 0.6 is 11.8 Å². The van der Waals surface area contributed by atoms with Crippen LogP contribution in [0.15, 0.2) is 34.2 Å². The molecule has 0 spiro atoms. The zero-order valence-corrected chi connectivity index (χ0v) is 17.4. The first kappa shape index (κ1) is 20.1. The third-order valence-corrected chi connectivity index (χ3v) is 5.92. The smallest absolute Gasteiger partial charge is 0.262 e. The van der Waals surface area contributed by atoms with E-state index in [-0.39, 0.29) is 17.1 Å². The number of fused-ring (bicyclic) bond motifs is 1. The summed E-state index contributed by atoms with van der Waals surface area (Å²) in [5, 5.41) is 0.608. The molecule has 2 heterocycles. The number of aromatic amines is 1. The van der Waals surface area contributed by atoms with Gasteiger partial charge in [0.2, 0.25) is 0 Å². The van der Waals surface area contributed by atoms with Gasteiger partial charge in [-0.15, -0.1) is 0 Å². The Morgan fingerprint density at radius 2 is 1.93 bits per heavy atom. The third kappa shape index (κ3) is 3.42. The van der Waals surface area contributed by atoms with Gasteiger partial charge in [0.1, 0.15) is 0 Å². The maximum atomic E-state index is 13.0. The molecular weight excluding hydrogens is 374 g/mol. The van der Waals surface area contributed by atoms with Crippen LogP contribution in [-0.2, 0) is 6.54 Å². The molecule has 0 aliphatic rings. The van der Waals surface area contributed by atoms with Crippen molar-refractivity contribution in [2.24, 2.45) is 0 Å². The molecule has 1 atom stereocenters. The Hall–Kier alpha value is -2.67. The van der Waals surface area contributed by atoms with Crippen LogP contribution in [0.2, 0.25) is 0 Å². The Kier molecular flexibility index (Phi) is 5.56. The minimum atomic E-state index is -0.470. The second-order valence-corrected chi connectivity index (χ2v) is 8.07. The summed E-state index contributed by atoms with van der Waals surface area (Å²) in [7, 11) is 0. The molecule has 0 fully saturated rings. The maximum Gasteiger partial charge on any atom is 0.262 e. The quantitative estimate of drug-likeness (QED) is 0.387. The van der Waals surface area contributed by atoms with Crippen molar-refractivity contribution in [2.75, 3.05) is 0 Å². The zero-order chi connectivity index (χ0) is 20.6. The van der Waals surface area contributed by atoms with Crippen molar-refractivity contribution in [1.29, 1.82) is 0 Å². The molecule has 0 unspecified atom stereocenters. The van der Waals surface area contributed by atoms with Gasteiger partial charge in [0, 0.05) is 17.8 Å². The molecule has 0 saturated heterocycles. The van der Waals surface area contributed by atoms with Gasteiger partial charge < -0.3 is 4.98 Å². The molecule has 2 aromatic heterocycles. The standard InChI is InChI=1S/C21H23N3O3S/c1-6-24-20(27)15-9-7-8-10-16(15)23-21(24)28-14(5)19(26)18-11(2)17(13(4)25)12(3)22-18/h7-10,14,22H,6H2,1-5H3/t14-/m0/s1. The molecule has 3 aromatic rings. The number of carbonyl (C=O) groups is 2. The van der Waals surface area contributed by atoms with E-state index in [1.54, 1.807) is 37.5 Å². The van der Waals surface area contributed by atoms with E-state index in [4.69, 9.17) is 0 Å². The van der Waals surface area contributed by atoms with Gasteiger partial charge in [-0.1, -0.05) is 23.9 Å². The number of aryl methyl sites for hydroxylation is 1. The van der Waals surface area contributed by atoms with Crippen LogP contribution in [0.3, 0.4) is 0 Å². The van der Waals surface area contributed by atoms with E-state index in [1.807, 2.05) is 19.1 Å². The first-order valence-electron chi connectivity index (χ1n) is 9.16. The molecule has 0 radical (unpaired) electrons. The van der Waals surface area contributed by atoms with E-state index >= 15 is 0 Å². The molecule has 0 saturated carbocycles. The fraction of sp³-hybridized carbons (Fsp3) is 0.333. The normalized spacial score (nSPS) is 12.3. The van der Waals surface area contributed by atoms with Gasteiger partial charge in [-0.2, -0.15) is 0 Å². The molecule has 0 bridgehead atoms. The Bertz CT molecular complexity index is 1140. The van der Waals surface area contributed by atoms with E-state index in [1.165, 1.54) is 18.7 Å². The van der Waals surface area contributed by atoms with Crippen molar-refractivity contribution in [3.63, 3.8) is 0 Å². The molecule has 6 nitrogen and oxygen atoms in total. The predicted octanol–water partition coefficient (Wildman–Crippen LogP) is 3.93. The largest absolute Gasteiger partial charge is 0.355 e. The summed E-state index contributed by atoms with van der Waals surface area (Å²) in [6, 6.07) is 7.20. The Morgan fingerprint density at radius 1 is 1.25 bits per heavy atom. The summed E-state index contributed by atoms with van der Waals surface area (Å²) in [5.74, 6) is -0.190. The summed E-state index contributed by atoms with van der Waals surface area (Å²) in [4.78, 5) is 45.3. The molecule has 146 valence electrons. The van der Waals surface area contributed by atoms with Gasteiger partial charge in [0.15, 0.2) is 16.7 Å². The van der Waals surface area contributed by atoms with E-state index in [2.05, 4.69) is 9.97 Å². The van der Waals surface area contributed by atoms with Crippen LogP contribution in [0.4, 0.5) is 0 Å². The molecule has 0 aliphatic carbocycles. The van der Waals surface area contributed by atoms with Crippen LogP contribution in [0.25, 0.3) is 10.9 Å². The SMILES string of the molecule is CCn1c(S[C@@H](C)C(=O)c2[nH]c(C)c(C(C)=O)c2C)nc2ccccc2c1=O. The lowest BCUT2D eigenvalue weighted by Crippen LogP contribution is -2.24. The van der Waals surface area contributed by atoms with E-state index in [0.29, 0.717) is 45.1 Å². The molecule has 3 rings (SSSR count). The Balaban J connectivity index is 1.98. The minimum Gasteiger partial charge on any atom is -0.355 e. The molecule has 1 N–H and O–H groups in total. The molecule has 0 amide bonds. The number of rotatable bonds is 6. The van der Waals surface area contributed by atoms with Gasteiger partial charge in [-0.25, -0.2) is 4.98 Å². The van der Waals surface area contributed by atoms with E-state index in [0.717, 1.165) is 0 Å². The predicted molar refractivity (Wildman–Crippen MR) is 112 cm³/mol.